The molecule has 0 N–H and O–H groups in total. The molecule has 0 aliphatic carbocycles. The van der Waals surface area contributed by atoms with E-state index in [-0.39, 0.29) is 5.97 Å². The highest BCUT2D eigenvalue weighted by molar-refractivity contribution is 5.79. The van der Waals surface area contributed by atoms with E-state index in [9.17, 15) is 4.79 Å². The standard InChI is InChI=1S/C27H46O3/c1-5-7-8-9-10-11-12-13-14-15-16-17-18-20-24-21-19-22-25(23-24)30-27(3,4)26(28)29-6-2/h19,21-23H,5-18,20H2,1-4H3. The van der Waals surface area contributed by atoms with Gasteiger partial charge in [0.25, 0.3) is 0 Å². The molecule has 0 fully saturated rings. The maximum Gasteiger partial charge on any atom is 0.349 e. The summed E-state index contributed by atoms with van der Waals surface area (Å²) in [6.45, 7) is 7.96. The molecule has 30 heavy (non-hydrogen) atoms. The average Bonchev–Trinajstić information content (AvgIpc) is 2.71. The van der Waals surface area contributed by atoms with E-state index in [0.717, 1.165) is 12.2 Å². The van der Waals surface area contributed by atoms with Crippen molar-refractivity contribution in [2.75, 3.05) is 6.61 Å². The molecule has 0 unspecified atom stereocenters. The van der Waals surface area contributed by atoms with Gasteiger partial charge in [0, 0.05) is 0 Å². The first-order valence-corrected chi connectivity index (χ1v) is 12.4. The second-order valence-electron chi connectivity index (χ2n) is 8.97. The number of esters is 1. The topological polar surface area (TPSA) is 35.5 Å². The summed E-state index contributed by atoms with van der Waals surface area (Å²) >= 11 is 0. The van der Waals surface area contributed by atoms with Gasteiger partial charge in [0.15, 0.2) is 5.60 Å². The Morgan fingerprint density at radius 2 is 1.33 bits per heavy atom. The molecule has 0 spiro atoms. The van der Waals surface area contributed by atoms with Crippen LogP contribution in [0.15, 0.2) is 24.3 Å². The van der Waals surface area contributed by atoms with E-state index in [0.29, 0.717) is 6.61 Å². The summed E-state index contributed by atoms with van der Waals surface area (Å²) in [6, 6.07) is 8.12. The fourth-order valence-corrected chi connectivity index (χ4v) is 3.75. The normalized spacial score (nSPS) is 11.5. The third kappa shape index (κ3) is 12.2. The Balaban J connectivity index is 2.12. The molecule has 0 amide bonds. The van der Waals surface area contributed by atoms with E-state index in [1.165, 1.54) is 89.0 Å². The molecule has 172 valence electrons. The van der Waals surface area contributed by atoms with Crippen LogP contribution in [-0.4, -0.2) is 18.2 Å². The lowest BCUT2D eigenvalue weighted by Gasteiger charge is -2.24. The van der Waals surface area contributed by atoms with Crippen LogP contribution in [0.25, 0.3) is 0 Å². The molecule has 0 heterocycles. The van der Waals surface area contributed by atoms with Crippen LogP contribution in [0.5, 0.6) is 5.75 Å². The minimum absolute atomic E-state index is 0.327. The summed E-state index contributed by atoms with van der Waals surface area (Å²) in [5, 5.41) is 0. The van der Waals surface area contributed by atoms with Crippen LogP contribution in [0.4, 0.5) is 0 Å². The molecule has 1 aromatic rings. The Hall–Kier alpha value is -1.51. The number of benzene rings is 1. The van der Waals surface area contributed by atoms with E-state index >= 15 is 0 Å². The zero-order valence-corrected chi connectivity index (χ0v) is 20.1. The van der Waals surface area contributed by atoms with E-state index in [2.05, 4.69) is 19.1 Å². The summed E-state index contributed by atoms with van der Waals surface area (Å²) in [4.78, 5) is 12.0. The fraction of sp³-hybridized carbons (Fsp3) is 0.741. The number of aryl methyl sites for hydroxylation is 1. The highest BCUT2D eigenvalue weighted by Gasteiger charge is 2.31. The second kappa shape index (κ2) is 16.2. The van der Waals surface area contributed by atoms with Crippen molar-refractivity contribution in [3.05, 3.63) is 29.8 Å². The van der Waals surface area contributed by atoms with Crippen molar-refractivity contribution in [1.29, 1.82) is 0 Å². The summed E-state index contributed by atoms with van der Waals surface area (Å²) in [5.74, 6) is 0.409. The van der Waals surface area contributed by atoms with Crippen LogP contribution in [-0.2, 0) is 16.0 Å². The number of rotatable bonds is 18. The van der Waals surface area contributed by atoms with E-state index in [1.54, 1.807) is 13.8 Å². The first-order valence-electron chi connectivity index (χ1n) is 12.4. The van der Waals surface area contributed by atoms with Crippen molar-refractivity contribution >= 4 is 5.97 Å². The Kier molecular flexibility index (Phi) is 14.3. The molecule has 0 aliphatic heterocycles. The summed E-state index contributed by atoms with van der Waals surface area (Å²) in [5.41, 5.74) is 0.305. The molecule has 0 saturated heterocycles. The number of hydrogen-bond donors (Lipinski definition) is 0. The maximum absolute atomic E-state index is 12.0. The van der Waals surface area contributed by atoms with Gasteiger partial charge in [-0.05, 0) is 51.3 Å². The van der Waals surface area contributed by atoms with Gasteiger partial charge in [0.1, 0.15) is 5.75 Å². The molecule has 3 heteroatoms. The molecular formula is C27H46O3. The van der Waals surface area contributed by atoms with Crippen molar-refractivity contribution in [1.82, 2.24) is 0 Å². The van der Waals surface area contributed by atoms with Gasteiger partial charge in [-0.3, -0.25) is 0 Å². The lowest BCUT2D eigenvalue weighted by molar-refractivity contribution is -0.158. The molecule has 0 radical (unpaired) electrons. The van der Waals surface area contributed by atoms with Crippen LogP contribution >= 0.6 is 0 Å². The van der Waals surface area contributed by atoms with Gasteiger partial charge in [0.05, 0.1) is 6.61 Å². The minimum Gasteiger partial charge on any atom is -0.476 e. The molecular weight excluding hydrogens is 372 g/mol. The summed E-state index contributed by atoms with van der Waals surface area (Å²) < 4.78 is 11.0. The predicted molar refractivity (Wildman–Crippen MR) is 127 cm³/mol. The lowest BCUT2D eigenvalue weighted by atomic mass is 10.0. The highest BCUT2D eigenvalue weighted by atomic mass is 16.6. The SMILES string of the molecule is CCCCCCCCCCCCCCCc1cccc(OC(C)(C)C(=O)OCC)c1. The van der Waals surface area contributed by atoms with Gasteiger partial charge in [-0.1, -0.05) is 96.1 Å². The van der Waals surface area contributed by atoms with Crippen LogP contribution in [0, 0.1) is 0 Å². The third-order valence-corrected chi connectivity index (χ3v) is 5.61. The number of ether oxygens (including phenoxy) is 2. The molecule has 0 bridgehead atoms. The van der Waals surface area contributed by atoms with Gasteiger partial charge in [-0.15, -0.1) is 0 Å². The van der Waals surface area contributed by atoms with Gasteiger partial charge in [0.2, 0.25) is 0 Å². The van der Waals surface area contributed by atoms with Gasteiger partial charge < -0.3 is 9.47 Å². The van der Waals surface area contributed by atoms with Crippen molar-refractivity contribution in [2.45, 2.75) is 123 Å². The van der Waals surface area contributed by atoms with Crippen LogP contribution in [0.3, 0.4) is 0 Å². The zero-order valence-electron chi connectivity index (χ0n) is 20.1. The molecule has 0 aromatic heterocycles. The first kappa shape index (κ1) is 26.5. The summed E-state index contributed by atoms with van der Waals surface area (Å²) in [7, 11) is 0. The lowest BCUT2D eigenvalue weighted by Crippen LogP contribution is -2.39. The fourth-order valence-electron chi connectivity index (χ4n) is 3.75. The van der Waals surface area contributed by atoms with E-state index < -0.39 is 5.60 Å². The summed E-state index contributed by atoms with van der Waals surface area (Å²) in [6.07, 6.45) is 18.9. The number of unbranched alkanes of at least 4 members (excludes halogenated alkanes) is 12. The Morgan fingerprint density at radius 1 is 0.800 bits per heavy atom. The van der Waals surface area contributed by atoms with Crippen LogP contribution in [0.1, 0.15) is 117 Å². The molecule has 1 aromatic carbocycles. The Labute approximate surface area is 185 Å². The monoisotopic (exact) mass is 418 g/mol. The molecule has 1 rings (SSSR count). The molecule has 0 atom stereocenters. The number of carbonyl (C=O) groups is 1. The van der Waals surface area contributed by atoms with Crippen molar-refractivity contribution in [3.63, 3.8) is 0 Å². The Morgan fingerprint density at radius 3 is 1.87 bits per heavy atom. The Bertz CT molecular complexity index is 565. The smallest absolute Gasteiger partial charge is 0.349 e. The van der Waals surface area contributed by atoms with Crippen molar-refractivity contribution in [3.8, 4) is 5.75 Å². The largest absolute Gasteiger partial charge is 0.476 e. The number of carbonyl (C=O) groups excluding carboxylic acids is 1. The third-order valence-electron chi connectivity index (χ3n) is 5.61. The van der Waals surface area contributed by atoms with Crippen LogP contribution in [0.2, 0.25) is 0 Å². The quantitative estimate of drug-likeness (QED) is 0.179. The van der Waals surface area contributed by atoms with Crippen molar-refractivity contribution < 1.29 is 14.3 Å². The van der Waals surface area contributed by atoms with Crippen molar-refractivity contribution in [2.24, 2.45) is 0 Å². The number of hydrogen-bond acceptors (Lipinski definition) is 3. The average molecular weight is 419 g/mol. The zero-order chi connectivity index (χ0) is 22.1. The first-order chi connectivity index (χ1) is 14.5. The predicted octanol–water partition coefficient (Wildman–Crippen LogP) is 8.04. The molecule has 0 aliphatic rings. The van der Waals surface area contributed by atoms with Gasteiger partial charge in [-0.2, -0.15) is 0 Å². The van der Waals surface area contributed by atoms with E-state index in [4.69, 9.17) is 9.47 Å². The highest BCUT2D eigenvalue weighted by Crippen LogP contribution is 2.22. The second-order valence-corrected chi connectivity index (χ2v) is 8.97. The van der Waals surface area contributed by atoms with Gasteiger partial charge >= 0.3 is 5.97 Å². The molecule has 3 nitrogen and oxygen atoms in total. The van der Waals surface area contributed by atoms with Crippen LogP contribution < -0.4 is 4.74 Å². The van der Waals surface area contributed by atoms with E-state index in [1.807, 2.05) is 19.1 Å². The maximum atomic E-state index is 12.0. The molecule has 0 saturated carbocycles. The minimum atomic E-state index is -0.968. The van der Waals surface area contributed by atoms with Gasteiger partial charge in [-0.25, -0.2) is 4.79 Å².